The van der Waals surface area contributed by atoms with Gasteiger partial charge in [0.15, 0.2) is 5.17 Å². The Morgan fingerprint density at radius 2 is 1.84 bits per heavy atom. The molecule has 0 aromatic heterocycles. The number of nitriles is 1. The summed E-state index contributed by atoms with van der Waals surface area (Å²) in [5.41, 5.74) is 1.25. The van der Waals surface area contributed by atoms with Gasteiger partial charge in [0.2, 0.25) is 6.19 Å². The summed E-state index contributed by atoms with van der Waals surface area (Å²) in [7, 11) is 0. The Morgan fingerprint density at radius 1 is 1.16 bits per heavy atom. The van der Waals surface area contributed by atoms with Crippen LogP contribution in [0, 0.1) is 11.5 Å². The van der Waals surface area contributed by atoms with Crippen LogP contribution in [0.25, 0.3) is 0 Å². The molecule has 0 bridgehead atoms. The number of amidine groups is 1. The van der Waals surface area contributed by atoms with Crippen molar-refractivity contribution in [3.05, 3.63) is 54.1 Å². The molecule has 0 atom stereocenters. The zero-order valence-electron chi connectivity index (χ0n) is 14.0. The van der Waals surface area contributed by atoms with Crippen LogP contribution in [-0.2, 0) is 6.42 Å². The zero-order chi connectivity index (χ0) is 17.5. The summed E-state index contributed by atoms with van der Waals surface area (Å²) in [6.07, 6.45) is 4.87. The highest BCUT2D eigenvalue weighted by Gasteiger charge is 2.18. The van der Waals surface area contributed by atoms with Gasteiger partial charge in [-0.15, -0.1) is 16.8 Å². The molecule has 128 valence electrons. The maximum absolute atomic E-state index is 8.72. The minimum absolute atomic E-state index is 0.837. The Kier molecular flexibility index (Phi) is 6.26. The SMILES string of the molecule is CSc1ccc(Oc2ccc(CCN3CCSC3=NC#N)cc2)cc1. The van der Waals surface area contributed by atoms with Crippen LogP contribution in [-0.4, -0.2) is 35.2 Å². The Morgan fingerprint density at radius 3 is 2.48 bits per heavy atom. The number of hydrogen-bond acceptors (Lipinski definition) is 5. The van der Waals surface area contributed by atoms with Gasteiger partial charge in [-0.25, -0.2) is 0 Å². The predicted octanol–water partition coefficient (Wildman–Crippen LogP) is 4.63. The van der Waals surface area contributed by atoms with E-state index < -0.39 is 0 Å². The molecule has 1 saturated heterocycles. The highest BCUT2D eigenvalue weighted by atomic mass is 32.2. The van der Waals surface area contributed by atoms with Crippen LogP contribution in [0.15, 0.2) is 58.4 Å². The summed E-state index contributed by atoms with van der Waals surface area (Å²) in [4.78, 5) is 7.28. The molecular formula is C19H19N3OS2. The maximum Gasteiger partial charge on any atom is 0.208 e. The third kappa shape index (κ3) is 4.94. The number of benzene rings is 2. The lowest BCUT2D eigenvalue weighted by atomic mass is 10.1. The van der Waals surface area contributed by atoms with Crippen LogP contribution in [0.4, 0.5) is 0 Å². The Labute approximate surface area is 156 Å². The van der Waals surface area contributed by atoms with Crippen molar-refractivity contribution in [1.82, 2.24) is 4.90 Å². The van der Waals surface area contributed by atoms with E-state index in [9.17, 15) is 0 Å². The number of aliphatic imine (C=N–C) groups is 1. The predicted molar refractivity (Wildman–Crippen MR) is 106 cm³/mol. The summed E-state index contributed by atoms with van der Waals surface area (Å²) in [5, 5.41) is 9.56. The van der Waals surface area contributed by atoms with Gasteiger partial charge in [-0.3, -0.25) is 0 Å². The van der Waals surface area contributed by atoms with Gasteiger partial charge in [0.05, 0.1) is 0 Å². The van der Waals surface area contributed by atoms with Crippen molar-refractivity contribution in [3.8, 4) is 17.7 Å². The molecule has 3 rings (SSSR count). The lowest BCUT2D eigenvalue weighted by molar-refractivity contribution is 0.465. The highest BCUT2D eigenvalue weighted by Crippen LogP contribution is 2.25. The van der Waals surface area contributed by atoms with Crippen LogP contribution in [0.3, 0.4) is 0 Å². The topological polar surface area (TPSA) is 48.6 Å². The number of ether oxygens (including phenoxy) is 1. The number of rotatable bonds is 6. The van der Waals surface area contributed by atoms with Gasteiger partial charge in [0.1, 0.15) is 11.5 Å². The standard InChI is InChI=1S/C19H19N3OS2/c1-24-18-8-6-17(7-9-18)23-16-4-2-15(3-5-16)10-11-22-12-13-25-19(22)21-14-20/h2-9H,10-13H2,1H3. The van der Waals surface area contributed by atoms with E-state index in [1.165, 1.54) is 10.5 Å². The highest BCUT2D eigenvalue weighted by molar-refractivity contribution is 8.14. The molecular weight excluding hydrogens is 350 g/mol. The summed E-state index contributed by atoms with van der Waals surface area (Å²) in [6, 6.07) is 16.3. The molecule has 1 aliphatic heterocycles. The average Bonchev–Trinajstić information content (AvgIpc) is 3.09. The Bertz CT molecular complexity index is 767. The molecule has 0 radical (unpaired) electrons. The largest absolute Gasteiger partial charge is 0.457 e. The van der Waals surface area contributed by atoms with E-state index in [1.807, 2.05) is 30.5 Å². The van der Waals surface area contributed by atoms with Crippen molar-refractivity contribution >= 4 is 28.7 Å². The van der Waals surface area contributed by atoms with Gasteiger partial charge in [0, 0.05) is 23.7 Å². The normalized spacial score (nSPS) is 15.4. The summed E-state index contributed by atoms with van der Waals surface area (Å²) < 4.78 is 5.88. The second-order valence-corrected chi connectivity index (χ2v) is 7.44. The zero-order valence-corrected chi connectivity index (χ0v) is 15.6. The molecule has 0 unspecified atom stereocenters. The van der Waals surface area contributed by atoms with Gasteiger partial charge in [-0.1, -0.05) is 23.9 Å². The second kappa shape index (κ2) is 8.84. The first-order valence-electron chi connectivity index (χ1n) is 8.04. The quantitative estimate of drug-likeness (QED) is 0.549. The van der Waals surface area contributed by atoms with Crippen molar-refractivity contribution < 1.29 is 4.74 Å². The molecule has 0 N–H and O–H groups in total. The Hall–Kier alpha value is -2.10. The van der Waals surface area contributed by atoms with E-state index in [4.69, 9.17) is 10.00 Å². The maximum atomic E-state index is 8.72. The van der Waals surface area contributed by atoms with Gasteiger partial charge < -0.3 is 9.64 Å². The molecule has 1 fully saturated rings. The fourth-order valence-corrected chi connectivity index (χ4v) is 3.93. The molecule has 25 heavy (non-hydrogen) atoms. The van der Waals surface area contributed by atoms with Crippen LogP contribution < -0.4 is 4.74 Å². The van der Waals surface area contributed by atoms with E-state index in [2.05, 4.69) is 40.4 Å². The lowest BCUT2D eigenvalue weighted by Crippen LogP contribution is -2.26. The number of nitrogens with zero attached hydrogens (tertiary/aromatic N) is 3. The third-order valence-corrected chi connectivity index (χ3v) is 5.64. The van der Waals surface area contributed by atoms with E-state index in [1.54, 1.807) is 23.5 Å². The molecule has 1 aliphatic rings. The monoisotopic (exact) mass is 369 g/mol. The van der Waals surface area contributed by atoms with Crippen LogP contribution >= 0.6 is 23.5 Å². The Balaban J connectivity index is 1.55. The van der Waals surface area contributed by atoms with E-state index >= 15 is 0 Å². The van der Waals surface area contributed by atoms with Gasteiger partial charge in [-0.2, -0.15) is 5.26 Å². The van der Waals surface area contributed by atoms with Gasteiger partial charge in [0.25, 0.3) is 0 Å². The van der Waals surface area contributed by atoms with Crippen molar-refractivity contribution in [2.45, 2.75) is 11.3 Å². The average molecular weight is 370 g/mol. The fraction of sp³-hybridized carbons (Fsp3) is 0.263. The molecule has 2 aromatic rings. The van der Waals surface area contributed by atoms with Gasteiger partial charge in [-0.05, 0) is 54.6 Å². The van der Waals surface area contributed by atoms with Crippen molar-refractivity contribution in [3.63, 3.8) is 0 Å². The first-order valence-corrected chi connectivity index (χ1v) is 10.2. The van der Waals surface area contributed by atoms with Gasteiger partial charge >= 0.3 is 0 Å². The summed E-state index contributed by atoms with van der Waals surface area (Å²) >= 11 is 3.37. The molecule has 0 saturated carbocycles. The number of thioether (sulfide) groups is 2. The van der Waals surface area contributed by atoms with Crippen molar-refractivity contribution in [2.75, 3.05) is 25.1 Å². The summed E-state index contributed by atoms with van der Waals surface area (Å²) in [5.74, 6) is 2.68. The number of hydrogen-bond donors (Lipinski definition) is 0. The van der Waals surface area contributed by atoms with E-state index in [0.29, 0.717) is 0 Å². The smallest absolute Gasteiger partial charge is 0.208 e. The second-order valence-electron chi connectivity index (χ2n) is 5.50. The minimum atomic E-state index is 0.837. The van der Waals surface area contributed by atoms with Crippen molar-refractivity contribution in [2.24, 2.45) is 4.99 Å². The van der Waals surface area contributed by atoms with Crippen LogP contribution in [0.1, 0.15) is 5.56 Å². The fourth-order valence-electron chi connectivity index (χ4n) is 2.56. The van der Waals surface area contributed by atoms with Crippen LogP contribution in [0.2, 0.25) is 0 Å². The minimum Gasteiger partial charge on any atom is -0.457 e. The molecule has 2 aromatic carbocycles. The third-order valence-electron chi connectivity index (χ3n) is 3.90. The molecule has 0 amide bonds. The van der Waals surface area contributed by atoms with Crippen molar-refractivity contribution in [1.29, 1.82) is 5.26 Å². The van der Waals surface area contributed by atoms with Crippen LogP contribution in [0.5, 0.6) is 11.5 Å². The van der Waals surface area contributed by atoms with E-state index in [-0.39, 0.29) is 0 Å². The molecule has 0 aliphatic carbocycles. The molecule has 4 nitrogen and oxygen atoms in total. The first kappa shape index (κ1) is 17.7. The summed E-state index contributed by atoms with van der Waals surface area (Å²) in [6.45, 7) is 1.84. The molecule has 0 spiro atoms. The lowest BCUT2D eigenvalue weighted by Gasteiger charge is -2.16. The first-order chi connectivity index (χ1) is 12.3. The van der Waals surface area contributed by atoms with E-state index in [0.717, 1.165) is 41.9 Å². The molecule has 1 heterocycles. The molecule has 6 heteroatoms.